The van der Waals surface area contributed by atoms with Gasteiger partial charge >= 0.3 is 5.97 Å². The van der Waals surface area contributed by atoms with E-state index in [1.54, 1.807) is 4.90 Å². The SMILES string of the molecule is CCCN(C(=O)c1cc(C)c(C)s1)C1COCC1C(=O)O. The van der Waals surface area contributed by atoms with Gasteiger partial charge in [-0.1, -0.05) is 6.92 Å². The highest BCUT2D eigenvalue weighted by Gasteiger charge is 2.40. The molecule has 1 amide bonds. The third-order valence-corrected chi connectivity index (χ3v) is 5.01. The lowest BCUT2D eigenvalue weighted by atomic mass is 10.0. The summed E-state index contributed by atoms with van der Waals surface area (Å²) in [5.74, 6) is -1.62. The zero-order valence-electron chi connectivity index (χ0n) is 12.6. The zero-order chi connectivity index (χ0) is 15.6. The van der Waals surface area contributed by atoms with Crippen LogP contribution < -0.4 is 0 Å². The van der Waals surface area contributed by atoms with Crippen LogP contribution in [0.1, 0.15) is 33.5 Å². The number of aliphatic carboxylic acids is 1. The number of aryl methyl sites for hydroxylation is 2. The van der Waals surface area contributed by atoms with Crippen molar-refractivity contribution in [3.63, 3.8) is 0 Å². The third-order valence-electron chi connectivity index (χ3n) is 3.87. The second-order valence-electron chi connectivity index (χ2n) is 5.40. The third kappa shape index (κ3) is 3.27. The number of carbonyl (C=O) groups excluding carboxylic acids is 1. The van der Waals surface area contributed by atoms with E-state index >= 15 is 0 Å². The Kier molecular flexibility index (Phi) is 5.00. The summed E-state index contributed by atoms with van der Waals surface area (Å²) in [4.78, 5) is 27.5. The van der Waals surface area contributed by atoms with E-state index in [9.17, 15) is 14.7 Å². The number of rotatable bonds is 5. The molecule has 1 fully saturated rings. The molecule has 116 valence electrons. The van der Waals surface area contributed by atoms with Crippen LogP contribution in [0.25, 0.3) is 0 Å². The lowest BCUT2D eigenvalue weighted by molar-refractivity contribution is -0.142. The Labute approximate surface area is 128 Å². The van der Waals surface area contributed by atoms with Gasteiger partial charge in [-0.05, 0) is 31.9 Å². The van der Waals surface area contributed by atoms with Gasteiger partial charge in [-0.3, -0.25) is 9.59 Å². The van der Waals surface area contributed by atoms with Crippen molar-refractivity contribution in [1.29, 1.82) is 0 Å². The number of nitrogens with zero attached hydrogens (tertiary/aromatic N) is 1. The maximum absolute atomic E-state index is 12.7. The Morgan fingerprint density at radius 3 is 2.67 bits per heavy atom. The molecule has 2 rings (SSSR count). The molecule has 2 heterocycles. The molecular weight excluding hydrogens is 290 g/mol. The average molecular weight is 311 g/mol. The minimum absolute atomic E-state index is 0.0835. The fourth-order valence-electron chi connectivity index (χ4n) is 2.57. The maximum atomic E-state index is 12.7. The lowest BCUT2D eigenvalue weighted by Gasteiger charge is -2.29. The molecular formula is C15H21NO4S. The number of carbonyl (C=O) groups is 2. The molecule has 1 aliphatic rings. The van der Waals surface area contributed by atoms with Crippen molar-refractivity contribution in [3.05, 3.63) is 21.4 Å². The van der Waals surface area contributed by atoms with Crippen molar-refractivity contribution in [2.24, 2.45) is 5.92 Å². The highest BCUT2D eigenvalue weighted by atomic mass is 32.1. The van der Waals surface area contributed by atoms with Gasteiger partial charge in [0.25, 0.3) is 5.91 Å². The first kappa shape index (κ1) is 16.0. The molecule has 0 saturated carbocycles. The van der Waals surface area contributed by atoms with Crippen LogP contribution >= 0.6 is 11.3 Å². The number of thiophene rings is 1. The summed E-state index contributed by atoms with van der Waals surface area (Å²) in [5, 5.41) is 9.29. The molecule has 21 heavy (non-hydrogen) atoms. The van der Waals surface area contributed by atoms with Crippen LogP contribution in [-0.4, -0.2) is 47.7 Å². The van der Waals surface area contributed by atoms with Gasteiger partial charge in [0.15, 0.2) is 0 Å². The van der Waals surface area contributed by atoms with Gasteiger partial charge < -0.3 is 14.7 Å². The van der Waals surface area contributed by atoms with E-state index in [4.69, 9.17) is 4.74 Å². The Bertz CT molecular complexity index is 520. The molecule has 0 aromatic carbocycles. The second-order valence-corrected chi connectivity index (χ2v) is 6.65. The number of carboxylic acid groups (broad SMARTS) is 1. The Hall–Kier alpha value is -1.40. The normalized spacial score (nSPS) is 21.5. The molecule has 1 aliphatic heterocycles. The number of carboxylic acids is 1. The van der Waals surface area contributed by atoms with Crippen molar-refractivity contribution in [3.8, 4) is 0 Å². The summed E-state index contributed by atoms with van der Waals surface area (Å²) in [6.07, 6.45) is 0.790. The number of ether oxygens (including phenoxy) is 1. The average Bonchev–Trinajstić information content (AvgIpc) is 3.03. The Balaban J connectivity index is 2.25. The number of hydrogen-bond acceptors (Lipinski definition) is 4. The summed E-state index contributed by atoms with van der Waals surface area (Å²) in [6.45, 7) is 6.97. The van der Waals surface area contributed by atoms with Crippen molar-refractivity contribution in [1.82, 2.24) is 4.90 Å². The highest BCUT2D eigenvalue weighted by molar-refractivity contribution is 7.14. The molecule has 0 spiro atoms. The van der Waals surface area contributed by atoms with Crippen molar-refractivity contribution < 1.29 is 19.4 Å². The second kappa shape index (κ2) is 6.58. The molecule has 2 unspecified atom stereocenters. The predicted octanol–water partition coefficient (Wildman–Crippen LogP) is 2.32. The van der Waals surface area contributed by atoms with E-state index < -0.39 is 11.9 Å². The van der Waals surface area contributed by atoms with E-state index in [-0.39, 0.29) is 18.6 Å². The molecule has 1 aromatic heterocycles. The highest BCUT2D eigenvalue weighted by Crippen LogP contribution is 2.26. The van der Waals surface area contributed by atoms with Crippen molar-refractivity contribution in [2.75, 3.05) is 19.8 Å². The smallest absolute Gasteiger partial charge is 0.311 e. The largest absolute Gasteiger partial charge is 0.481 e. The first-order valence-corrected chi connectivity index (χ1v) is 7.95. The van der Waals surface area contributed by atoms with Gasteiger partial charge in [0.05, 0.1) is 24.1 Å². The van der Waals surface area contributed by atoms with Gasteiger partial charge in [-0.2, -0.15) is 0 Å². The Morgan fingerprint density at radius 2 is 2.14 bits per heavy atom. The summed E-state index contributed by atoms with van der Waals surface area (Å²) in [5.41, 5.74) is 1.09. The van der Waals surface area contributed by atoms with Gasteiger partial charge in [-0.25, -0.2) is 0 Å². The van der Waals surface area contributed by atoms with E-state index in [2.05, 4.69) is 0 Å². The van der Waals surface area contributed by atoms with Crippen molar-refractivity contribution >= 4 is 23.2 Å². The summed E-state index contributed by atoms with van der Waals surface area (Å²) in [7, 11) is 0. The Morgan fingerprint density at radius 1 is 1.43 bits per heavy atom. The van der Waals surface area contributed by atoms with Gasteiger partial charge in [0.1, 0.15) is 5.92 Å². The van der Waals surface area contributed by atoms with E-state index in [1.807, 2.05) is 26.8 Å². The van der Waals surface area contributed by atoms with E-state index in [1.165, 1.54) is 11.3 Å². The quantitative estimate of drug-likeness (QED) is 0.906. The molecule has 6 heteroatoms. The molecule has 1 N–H and O–H groups in total. The van der Waals surface area contributed by atoms with Crippen LogP contribution in [0.3, 0.4) is 0 Å². The van der Waals surface area contributed by atoms with Gasteiger partial charge in [0, 0.05) is 11.4 Å². The van der Waals surface area contributed by atoms with Gasteiger partial charge in [-0.15, -0.1) is 11.3 Å². The summed E-state index contributed by atoms with van der Waals surface area (Å²) in [6, 6.07) is 1.51. The standard InChI is InChI=1S/C15H21NO4S/c1-4-5-16(12-8-20-7-11(12)15(18)19)14(17)13-6-9(2)10(3)21-13/h6,11-12H,4-5,7-8H2,1-3H3,(H,18,19). The summed E-state index contributed by atoms with van der Waals surface area (Å²) >= 11 is 1.47. The predicted molar refractivity (Wildman–Crippen MR) is 80.9 cm³/mol. The zero-order valence-corrected chi connectivity index (χ0v) is 13.4. The molecule has 0 aliphatic carbocycles. The topological polar surface area (TPSA) is 66.8 Å². The monoisotopic (exact) mass is 311 g/mol. The molecule has 1 saturated heterocycles. The van der Waals surface area contributed by atoms with Gasteiger partial charge in [0.2, 0.25) is 0 Å². The van der Waals surface area contributed by atoms with E-state index in [0.717, 1.165) is 16.9 Å². The molecule has 5 nitrogen and oxygen atoms in total. The van der Waals surface area contributed by atoms with Crippen LogP contribution in [0.5, 0.6) is 0 Å². The minimum Gasteiger partial charge on any atom is -0.481 e. The first-order valence-electron chi connectivity index (χ1n) is 7.14. The van der Waals surface area contributed by atoms with Crippen LogP contribution in [0.4, 0.5) is 0 Å². The lowest BCUT2D eigenvalue weighted by Crippen LogP contribution is -2.46. The molecule has 1 aromatic rings. The van der Waals surface area contributed by atoms with Crippen LogP contribution in [0.2, 0.25) is 0 Å². The summed E-state index contributed by atoms with van der Waals surface area (Å²) < 4.78 is 5.30. The molecule has 0 radical (unpaired) electrons. The molecule has 2 atom stereocenters. The van der Waals surface area contributed by atoms with Crippen LogP contribution in [-0.2, 0) is 9.53 Å². The maximum Gasteiger partial charge on any atom is 0.311 e. The fourth-order valence-corrected chi connectivity index (χ4v) is 3.56. The molecule has 0 bridgehead atoms. The van der Waals surface area contributed by atoms with Crippen LogP contribution in [0.15, 0.2) is 6.07 Å². The minimum atomic E-state index is -0.898. The first-order chi connectivity index (χ1) is 9.95. The number of amides is 1. The van der Waals surface area contributed by atoms with Crippen LogP contribution in [0, 0.1) is 19.8 Å². The number of hydrogen-bond donors (Lipinski definition) is 1. The van der Waals surface area contributed by atoms with E-state index in [0.29, 0.717) is 18.0 Å². The fraction of sp³-hybridized carbons (Fsp3) is 0.600. The van der Waals surface area contributed by atoms with Crippen molar-refractivity contribution in [2.45, 2.75) is 33.2 Å².